The second-order valence-electron chi connectivity index (χ2n) is 3.72. The van der Waals surface area contributed by atoms with Crippen molar-refractivity contribution in [1.82, 2.24) is 0 Å². The Labute approximate surface area is 81.9 Å². The van der Waals surface area contributed by atoms with Crippen molar-refractivity contribution in [1.29, 1.82) is 0 Å². The number of fused-ring (bicyclic) bond motifs is 2. The number of carbonyl (C=O) groups excluding carboxylic acids is 2. The summed E-state index contributed by atoms with van der Waals surface area (Å²) in [5, 5.41) is 0. The van der Waals surface area contributed by atoms with E-state index in [-0.39, 0.29) is 17.9 Å². The molecule has 2 rings (SSSR count). The molecular weight excluding hydrogens is 184 g/mol. The van der Waals surface area contributed by atoms with Gasteiger partial charge in [0.1, 0.15) is 6.10 Å². The molecule has 1 aliphatic heterocycles. The minimum Gasteiger partial charge on any atom is -0.468 e. The fourth-order valence-corrected chi connectivity index (χ4v) is 2.11. The Morgan fingerprint density at radius 3 is 2.86 bits per heavy atom. The van der Waals surface area contributed by atoms with E-state index in [2.05, 4.69) is 4.74 Å². The Kier molecular flexibility index (Phi) is 2.06. The first-order valence-electron chi connectivity index (χ1n) is 4.62. The van der Waals surface area contributed by atoms with Crippen LogP contribution in [-0.4, -0.2) is 25.2 Å². The molecule has 76 valence electrons. The highest BCUT2D eigenvalue weighted by atomic mass is 16.6. The molecule has 1 aliphatic carbocycles. The molecule has 2 aliphatic rings. The molecule has 0 N–H and O–H groups in total. The molecule has 0 spiro atoms. The van der Waals surface area contributed by atoms with Crippen molar-refractivity contribution < 1.29 is 19.1 Å². The highest BCUT2D eigenvalue weighted by molar-refractivity contribution is 5.96. The second-order valence-corrected chi connectivity index (χ2v) is 3.72. The molecule has 0 aromatic rings. The summed E-state index contributed by atoms with van der Waals surface area (Å²) in [6, 6.07) is 0. The number of hydrogen-bond donors (Lipinski definition) is 0. The van der Waals surface area contributed by atoms with Crippen LogP contribution in [0.1, 0.15) is 6.92 Å². The molecule has 4 nitrogen and oxygen atoms in total. The van der Waals surface area contributed by atoms with Gasteiger partial charge in [0.05, 0.1) is 7.11 Å². The standard InChI is InChI=1S/C10H12O4/c1-5-6-3-4-7(5)14-10(12)8(6)9(11)13-2/h3-8H,1-2H3/t5-,6+,7-,8?/m1/s1. The van der Waals surface area contributed by atoms with E-state index in [1.54, 1.807) is 0 Å². The van der Waals surface area contributed by atoms with Gasteiger partial charge in [-0.05, 0) is 6.08 Å². The summed E-state index contributed by atoms with van der Waals surface area (Å²) >= 11 is 0. The van der Waals surface area contributed by atoms with Gasteiger partial charge in [-0.15, -0.1) is 0 Å². The van der Waals surface area contributed by atoms with E-state index in [0.29, 0.717) is 0 Å². The van der Waals surface area contributed by atoms with Crippen LogP contribution < -0.4 is 0 Å². The molecule has 2 bridgehead atoms. The van der Waals surface area contributed by atoms with Crippen molar-refractivity contribution in [3.63, 3.8) is 0 Å². The van der Waals surface area contributed by atoms with Gasteiger partial charge in [-0.3, -0.25) is 9.59 Å². The molecule has 0 radical (unpaired) electrons. The van der Waals surface area contributed by atoms with E-state index in [1.165, 1.54) is 7.11 Å². The molecule has 4 atom stereocenters. The quantitative estimate of drug-likeness (QED) is 0.348. The number of allylic oxidation sites excluding steroid dienone is 1. The van der Waals surface area contributed by atoms with Crippen molar-refractivity contribution in [2.24, 2.45) is 17.8 Å². The number of methoxy groups -OCH3 is 1. The Morgan fingerprint density at radius 1 is 1.50 bits per heavy atom. The first kappa shape index (κ1) is 9.24. The molecule has 4 heteroatoms. The Hall–Kier alpha value is -1.32. The second kappa shape index (κ2) is 3.12. The maximum absolute atomic E-state index is 11.4. The van der Waals surface area contributed by atoms with Gasteiger partial charge < -0.3 is 9.47 Å². The lowest BCUT2D eigenvalue weighted by Gasteiger charge is -2.31. The van der Waals surface area contributed by atoms with Crippen LogP contribution >= 0.6 is 0 Å². The molecule has 1 heterocycles. The Morgan fingerprint density at radius 2 is 2.21 bits per heavy atom. The smallest absolute Gasteiger partial charge is 0.321 e. The molecule has 14 heavy (non-hydrogen) atoms. The van der Waals surface area contributed by atoms with E-state index in [1.807, 2.05) is 19.1 Å². The third kappa shape index (κ3) is 1.14. The molecule has 0 amide bonds. The number of hydrogen-bond acceptors (Lipinski definition) is 4. The number of ether oxygens (including phenoxy) is 2. The molecular formula is C10H12O4. The third-order valence-corrected chi connectivity index (χ3v) is 2.99. The summed E-state index contributed by atoms with van der Waals surface area (Å²) < 4.78 is 9.68. The monoisotopic (exact) mass is 196 g/mol. The minimum atomic E-state index is -0.773. The first-order chi connectivity index (χ1) is 6.65. The Bertz CT molecular complexity index is 307. The molecule has 1 fully saturated rings. The maximum atomic E-state index is 11.4. The van der Waals surface area contributed by atoms with Crippen LogP contribution in [0.15, 0.2) is 12.2 Å². The summed E-state index contributed by atoms with van der Waals surface area (Å²) in [5.74, 6) is -1.62. The van der Waals surface area contributed by atoms with Crippen molar-refractivity contribution in [2.45, 2.75) is 13.0 Å². The van der Waals surface area contributed by atoms with Gasteiger partial charge in [-0.1, -0.05) is 13.0 Å². The van der Waals surface area contributed by atoms with Gasteiger partial charge in [-0.2, -0.15) is 0 Å². The van der Waals surface area contributed by atoms with Crippen LogP contribution in [-0.2, 0) is 19.1 Å². The fraction of sp³-hybridized carbons (Fsp3) is 0.600. The summed E-state index contributed by atoms with van der Waals surface area (Å²) in [6.45, 7) is 1.97. The van der Waals surface area contributed by atoms with Crippen molar-refractivity contribution >= 4 is 11.9 Å². The molecule has 0 aromatic heterocycles. The van der Waals surface area contributed by atoms with Crippen molar-refractivity contribution in [3.8, 4) is 0 Å². The van der Waals surface area contributed by atoms with Crippen LogP contribution in [0, 0.1) is 17.8 Å². The summed E-state index contributed by atoms with van der Waals surface area (Å²) in [7, 11) is 1.28. The van der Waals surface area contributed by atoms with E-state index in [4.69, 9.17) is 4.74 Å². The predicted octanol–water partition coefficient (Wildman–Crippen LogP) is 0.523. The van der Waals surface area contributed by atoms with Gasteiger partial charge in [0.25, 0.3) is 0 Å². The van der Waals surface area contributed by atoms with E-state index in [0.717, 1.165) is 0 Å². The molecule has 1 saturated heterocycles. The topological polar surface area (TPSA) is 52.6 Å². The third-order valence-electron chi connectivity index (χ3n) is 2.99. The van der Waals surface area contributed by atoms with Gasteiger partial charge >= 0.3 is 11.9 Å². The minimum absolute atomic E-state index is 0.0614. The lowest BCUT2D eigenvalue weighted by atomic mass is 9.82. The Balaban J connectivity index is 2.26. The van der Waals surface area contributed by atoms with Crippen molar-refractivity contribution in [2.75, 3.05) is 7.11 Å². The van der Waals surface area contributed by atoms with Gasteiger partial charge in [0, 0.05) is 11.8 Å². The van der Waals surface area contributed by atoms with E-state index in [9.17, 15) is 9.59 Å². The average molecular weight is 196 g/mol. The summed E-state index contributed by atoms with van der Waals surface area (Å²) in [6.07, 6.45) is 3.56. The predicted molar refractivity (Wildman–Crippen MR) is 47.2 cm³/mol. The van der Waals surface area contributed by atoms with Crippen LogP contribution in [0.5, 0.6) is 0 Å². The number of carbonyl (C=O) groups is 2. The largest absolute Gasteiger partial charge is 0.468 e. The highest BCUT2D eigenvalue weighted by Crippen LogP contribution is 2.39. The van der Waals surface area contributed by atoms with Crippen LogP contribution in [0.3, 0.4) is 0 Å². The van der Waals surface area contributed by atoms with Crippen LogP contribution in [0.25, 0.3) is 0 Å². The van der Waals surface area contributed by atoms with Gasteiger partial charge in [0.2, 0.25) is 0 Å². The zero-order valence-corrected chi connectivity index (χ0v) is 8.10. The molecule has 1 unspecified atom stereocenters. The zero-order valence-electron chi connectivity index (χ0n) is 8.10. The normalized spacial score (nSPS) is 39.4. The molecule has 0 aromatic carbocycles. The summed E-state index contributed by atoms with van der Waals surface area (Å²) in [4.78, 5) is 22.8. The highest BCUT2D eigenvalue weighted by Gasteiger charge is 2.49. The first-order valence-corrected chi connectivity index (χ1v) is 4.62. The number of esters is 2. The van der Waals surface area contributed by atoms with Crippen LogP contribution in [0.4, 0.5) is 0 Å². The number of rotatable bonds is 1. The summed E-state index contributed by atoms with van der Waals surface area (Å²) in [5.41, 5.74) is 0. The van der Waals surface area contributed by atoms with Crippen molar-refractivity contribution in [3.05, 3.63) is 12.2 Å². The zero-order chi connectivity index (χ0) is 10.3. The van der Waals surface area contributed by atoms with E-state index < -0.39 is 17.9 Å². The van der Waals surface area contributed by atoms with E-state index >= 15 is 0 Å². The lowest BCUT2D eigenvalue weighted by molar-refractivity contribution is -0.173. The molecule has 0 saturated carbocycles. The average Bonchev–Trinajstić information content (AvgIpc) is 2.42. The fourth-order valence-electron chi connectivity index (χ4n) is 2.11. The van der Waals surface area contributed by atoms with Gasteiger partial charge in [-0.25, -0.2) is 0 Å². The SMILES string of the molecule is COC(=O)C1C(=O)O[C@@H]2C=C[C@H]1[C@H]2C. The maximum Gasteiger partial charge on any atom is 0.321 e. The lowest BCUT2D eigenvalue weighted by Crippen LogP contribution is -2.43. The van der Waals surface area contributed by atoms with Crippen LogP contribution in [0.2, 0.25) is 0 Å². The van der Waals surface area contributed by atoms with Gasteiger partial charge in [0.15, 0.2) is 5.92 Å².